The third-order valence-corrected chi connectivity index (χ3v) is 5.21. The molecule has 2 fully saturated rings. The molecule has 0 amide bonds. The van der Waals surface area contributed by atoms with Crippen LogP contribution in [-0.4, -0.2) is 29.2 Å². The van der Waals surface area contributed by atoms with Gasteiger partial charge in [-0.1, -0.05) is 18.2 Å². The van der Waals surface area contributed by atoms with Crippen molar-refractivity contribution in [2.75, 3.05) is 18.0 Å². The molecule has 1 aliphatic heterocycles. The molecule has 4 rings (SSSR count). The zero-order valence-electron chi connectivity index (χ0n) is 13.0. The Hall–Kier alpha value is -1.65. The highest BCUT2D eigenvalue weighted by atomic mass is 16.3. The standard InChI is InChI=1S/C18H23N3O/c1-11-3-2-4-13-7-14(10-22)18(20-17(11)13)21-8-15(12-5-6-12)16(19)9-21/h2-4,7,12,15-16,22H,5-6,8-10,19H2,1H3/t15-,16+/m0/s1. The number of hydrogen-bond acceptors (Lipinski definition) is 4. The molecule has 116 valence electrons. The first kappa shape index (κ1) is 14.0. The molecule has 0 bridgehead atoms. The Labute approximate surface area is 130 Å². The number of aromatic nitrogens is 1. The Morgan fingerprint density at radius 3 is 2.86 bits per heavy atom. The van der Waals surface area contributed by atoms with E-state index in [1.54, 1.807) is 0 Å². The molecule has 2 heterocycles. The molecule has 2 aromatic rings. The Balaban J connectivity index is 1.75. The van der Waals surface area contributed by atoms with Crippen molar-refractivity contribution >= 4 is 16.7 Å². The molecule has 2 atom stereocenters. The van der Waals surface area contributed by atoms with Gasteiger partial charge >= 0.3 is 0 Å². The molecule has 3 N–H and O–H groups in total. The maximum Gasteiger partial charge on any atom is 0.134 e. The van der Waals surface area contributed by atoms with Crippen LogP contribution in [0, 0.1) is 18.8 Å². The van der Waals surface area contributed by atoms with Gasteiger partial charge in [0.25, 0.3) is 0 Å². The van der Waals surface area contributed by atoms with Crippen molar-refractivity contribution in [3.63, 3.8) is 0 Å². The molecule has 0 radical (unpaired) electrons. The van der Waals surface area contributed by atoms with Crippen molar-refractivity contribution in [3.8, 4) is 0 Å². The number of hydrogen-bond donors (Lipinski definition) is 2. The van der Waals surface area contributed by atoms with Crippen LogP contribution in [0.25, 0.3) is 10.9 Å². The summed E-state index contributed by atoms with van der Waals surface area (Å²) in [6.07, 6.45) is 2.65. The van der Waals surface area contributed by atoms with Crippen LogP contribution in [0.5, 0.6) is 0 Å². The summed E-state index contributed by atoms with van der Waals surface area (Å²) >= 11 is 0. The lowest BCUT2D eigenvalue weighted by Gasteiger charge is -2.21. The molecule has 1 aromatic heterocycles. The fraction of sp³-hybridized carbons (Fsp3) is 0.500. The molecule has 2 aliphatic rings. The second-order valence-corrected chi connectivity index (χ2v) is 6.85. The number of benzene rings is 1. The van der Waals surface area contributed by atoms with Crippen LogP contribution in [0.1, 0.15) is 24.0 Å². The summed E-state index contributed by atoms with van der Waals surface area (Å²) in [5.74, 6) is 2.31. The molecule has 1 aliphatic carbocycles. The largest absolute Gasteiger partial charge is 0.392 e. The number of aliphatic hydroxyl groups excluding tert-OH is 1. The molecule has 22 heavy (non-hydrogen) atoms. The lowest BCUT2D eigenvalue weighted by molar-refractivity contribution is 0.282. The van der Waals surface area contributed by atoms with Gasteiger partial charge in [-0.25, -0.2) is 4.98 Å². The number of fused-ring (bicyclic) bond motifs is 1. The number of pyridine rings is 1. The van der Waals surface area contributed by atoms with Gasteiger partial charge in [0.2, 0.25) is 0 Å². The minimum atomic E-state index is 0.0199. The lowest BCUT2D eigenvalue weighted by atomic mass is 9.99. The van der Waals surface area contributed by atoms with Crippen LogP contribution in [0.4, 0.5) is 5.82 Å². The van der Waals surface area contributed by atoms with E-state index >= 15 is 0 Å². The third-order valence-electron chi connectivity index (χ3n) is 5.21. The van der Waals surface area contributed by atoms with Crippen LogP contribution >= 0.6 is 0 Å². The van der Waals surface area contributed by atoms with E-state index in [0.717, 1.165) is 41.3 Å². The van der Waals surface area contributed by atoms with Crippen LogP contribution in [0.3, 0.4) is 0 Å². The smallest absolute Gasteiger partial charge is 0.134 e. The Morgan fingerprint density at radius 2 is 2.14 bits per heavy atom. The Bertz CT molecular complexity index is 711. The summed E-state index contributed by atoms with van der Waals surface area (Å²) in [6, 6.07) is 8.48. The highest BCUT2D eigenvalue weighted by Gasteiger charge is 2.41. The average molecular weight is 297 g/mol. The second kappa shape index (κ2) is 5.21. The van der Waals surface area contributed by atoms with Crippen molar-refractivity contribution in [2.45, 2.75) is 32.4 Å². The van der Waals surface area contributed by atoms with Crippen LogP contribution < -0.4 is 10.6 Å². The monoisotopic (exact) mass is 297 g/mol. The van der Waals surface area contributed by atoms with Crippen molar-refractivity contribution in [1.29, 1.82) is 0 Å². The number of rotatable bonds is 3. The maximum atomic E-state index is 9.76. The van der Waals surface area contributed by atoms with E-state index < -0.39 is 0 Å². The fourth-order valence-corrected chi connectivity index (χ4v) is 3.82. The van der Waals surface area contributed by atoms with E-state index in [4.69, 9.17) is 10.7 Å². The van der Waals surface area contributed by atoms with E-state index in [1.165, 1.54) is 18.4 Å². The summed E-state index contributed by atoms with van der Waals surface area (Å²) < 4.78 is 0. The quantitative estimate of drug-likeness (QED) is 0.912. The van der Waals surface area contributed by atoms with Crippen LogP contribution in [0.15, 0.2) is 24.3 Å². The van der Waals surface area contributed by atoms with E-state index in [2.05, 4.69) is 30.0 Å². The predicted octanol–water partition coefficient (Wildman–Crippen LogP) is 2.21. The van der Waals surface area contributed by atoms with E-state index in [0.29, 0.717) is 5.92 Å². The number of aliphatic hydroxyl groups is 1. The van der Waals surface area contributed by atoms with Crippen molar-refractivity contribution in [3.05, 3.63) is 35.4 Å². The van der Waals surface area contributed by atoms with Crippen molar-refractivity contribution in [2.24, 2.45) is 17.6 Å². The molecule has 1 saturated carbocycles. The first-order chi connectivity index (χ1) is 10.7. The Morgan fingerprint density at radius 1 is 1.32 bits per heavy atom. The second-order valence-electron chi connectivity index (χ2n) is 6.85. The summed E-state index contributed by atoms with van der Waals surface area (Å²) in [5.41, 5.74) is 9.45. The van der Waals surface area contributed by atoms with Crippen molar-refractivity contribution < 1.29 is 5.11 Å². The number of para-hydroxylation sites is 1. The minimum Gasteiger partial charge on any atom is -0.392 e. The molecule has 1 aromatic carbocycles. The van der Waals surface area contributed by atoms with Crippen LogP contribution in [0.2, 0.25) is 0 Å². The van der Waals surface area contributed by atoms with E-state index in [1.807, 2.05) is 6.07 Å². The van der Waals surface area contributed by atoms with Crippen molar-refractivity contribution in [1.82, 2.24) is 4.98 Å². The number of nitrogens with two attached hydrogens (primary N) is 1. The maximum absolute atomic E-state index is 9.76. The fourth-order valence-electron chi connectivity index (χ4n) is 3.82. The highest BCUT2D eigenvalue weighted by Crippen LogP contribution is 2.42. The summed E-state index contributed by atoms with van der Waals surface area (Å²) in [4.78, 5) is 7.17. The summed E-state index contributed by atoms with van der Waals surface area (Å²) in [6.45, 7) is 3.92. The highest BCUT2D eigenvalue weighted by molar-refractivity contribution is 5.84. The van der Waals surface area contributed by atoms with E-state index in [-0.39, 0.29) is 12.6 Å². The predicted molar refractivity (Wildman–Crippen MR) is 88.8 cm³/mol. The topological polar surface area (TPSA) is 62.4 Å². The van der Waals surface area contributed by atoms with Gasteiger partial charge in [0.1, 0.15) is 5.82 Å². The molecular formula is C18H23N3O. The van der Waals surface area contributed by atoms with Gasteiger partial charge in [0, 0.05) is 30.1 Å². The Kier molecular flexibility index (Phi) is 3.31. The molecule has 4 nitrogen and oxygen atoms in total. The summed E-state index contributed by atoms with van der Waals surface area (Å²) in [5, 5.41) is 10.9. The van der Waals surface area contributed by atoms with Gasteiger partial charge in [0.15, 0.2) is 0 Å². The molecule has 4 heteroatoms. The lowest BCUT2D eigenvalue weighted by Crippen LogP contribution is -2.30. The zero-order valence-corrected chi connectivity index (χ0v) is 13.0. The van der Waals surface area contributed by atoms with Crippen LogP contribution in [-0.2, 0) is 6.61 Å². The average Bonchev–Trinajstić information content (AvgIpc) is 3.29. The number of nitrogens with zero attached hydrogens (tertiary/aromatic N) is 2. The normalized spacial score (nSPS) is 25.1. The first-order valence-corrected chi connectivity index (χ1v) is 8.18. The number of anilines is 1. The molecule has 1 saturated heterocycles. The van der Waals surface area contributed by atoms with Gasteiger partial charge in [-0.05, 0) is 43.2 Å². The molecule has 0 spiro atoms. The van der Waals surface area contributed by atoms with Gasteiger partial charge in [-0.15, -0.1) is 0 Å². The first-order valence-electron chi connectivity index (χ1n) is 8.18. The molecule has 0 unspecified atom stereocenters. The van der Waals surface area contributed by atoms with Gasteiger partial charge in [-0.2, -0.15) is 0 Å². The number of aryl methyl sites for hydroxylation is 1. The zero-order chi connectivity index (χ0) is 15.3. The third kappa shape index (κ3) is 2.27. The van der Waals surface area contributed by atoms with Gasteiger partial charge < -0.3 is 15.7 Å². The van der Waals surface area contributed by atoms with Gasteiger partial charge in [0.05, 0.1) is 12.1 Å². The van der Waals surface area contributed by atoms with E-state index in [9.17, 15) is 5.11 Å². The SMILES string of the molecule is Cc1cccc2cc(CO)c(N3C[C@@H](N)[C@H](C4CC4)C3)nc12. The molecular weight excluding hydrogens is 274 g/mol. The van der Waals surface area contributed by atoms with Gasteiger partial charge in [-0.3, -0.25) is 0 Å². The minimum absolute atomic E-state index is 0.0199. The summed E-state index contributed by atoms with van der Waals surface area (Å²) in [7, 11) is 0.